The largest absolute Gasteiger partial charge is 0.519 e. The van der Waals surface area contributed by atoms with Gasteiger partial charge in [0.05, 0.1) is 13.4 Å². The molecular formula is C4H6N3+. The Kier molecular flexibility index (Phi) is 2.48. The maximum Gasteiger partial charge on any atom is 0.519 e. The lowest BCUT2D eigenvalue weighted by Gasteiger charge is -1.59. The molecule has 0 unspecified atom stereocenters. The fraction of sp³-hybridized carbons (Fsp3) is 0. The quantitative estimate of drug-likeness (QED) is 0.222. The molecule has 0 N–H and O–H groups in total. The molecule has 0 heterocycles. The third kappa shape index (κ3) is 1.63. The summed E-state index contributed by atoms with van der Waals surface area (Å²) < 4.78 is 3.33. The molecule has 0 aromatic heterocycles. The van der Waals surface area contributed by atoms with Crippen molar-refractivity contribution in [1.29, 1.82) is 0 Å². The molecule has 0 bridgehead atoms. The molecular weight excluding hydrogens is 90.1 g/mol. The topological polar surface area (TPSA) is 38.8 Å². The van der Waals surface area contributed by atoms with Gasteiger partial charge in [0.1, 0.15) is 6.72 Å². The second kappa shape index (κ2) is 3.00. The van der Waals surface area contributed by atoms with Crippen LogP contribution in [-0.2, 0) is 0 Å². The van der Waals surface area contributed by atoms with E-state index in [1.165, 1.54) is 0 Å². The van der Waals surface area contributed by atoms with Gasteiger partial charge in [-0.3, -0.25) is 0 Å². The standard InChI is InChI=1S/C4H6N3/c1-5-4(6-2)7-3/h1-3H2/q+1. The van der Waals surface area contributed by atoms with E-state index in [-0.39, 0.29) is 5.96 Å². The average molecular weight is 96.1 g/mol. The van der Waals surface area contributed by atoms with E-state index < -0.39 is 0 Å². The lowest BCUT2D eigenvalue weighted by molar-refractivity contribution is 1.49. The highest BCUT2D eigenvalue weighted by Gasteiger charge is 1.94. The van der Waals surface area contributed by atoms with Gasteiger partial charge in [0, 0.05) is 0 Å². The van der Waals surface area contributed by atoms with Gasteiger partial charge in [-0.25, -0.2) is 4.67 Å². The van der Waals surface area contributed by atoms with Gasteiger partial charge < -0.3 is 0 Å². The lowest BCUT2D eigenvalue weighted by Crippen LogP contribution is -1.88. The van der Waals surface area contributed by atoms with Gasteiger partial charge in [0.15, 0.2) is 0 Å². The monoisotopic (exact) mass is 96.1 g/mol. The molecule has 0 saturated heterocycles. The maximum absolute atomic E-state index is 3.33. The second-order valence-electron chi connectivity index (χ2n) is 0.774. The highest BCUT2D eigenvalue weighted by Crippen LogP contribution is 1.65. The maximum atomic E-state index is 3.33. The minimum absolute atomic E-state index is 0.222. The van der Waals surface area contributed by atoms with Crippen LogP contribution in [0.4, 0.5) is 0 Å². The van der Waals surface area contributed by atoms with Gasteiger partial charge in [-0.2, -0.15) is 0 Å². The molecule has 0 aliphatic rings. The average Bonchev–Trinajstić information content (AvgIpc) is 1.72. The van der Waals surface area contributed by atoms with Gasteiger partial charge >= 0.3 is 5.96 Å². The Bertz CT molecular complexity index is 120. The third-order valence-electron chi connectivity index (χ3n) is 0.424. The van der Waals surface area contributed by atoms with E-state index in [4.69, 9.17) is 0 Å². The molecule has 0 fully saturated rings. The molecule has 0 radical (unpaired) electrons. The van der Waals surface area contributed by atoms with E-state index in [9.17, 15) is 0 Å². The van der Waals surface area contributed by atoms with Gasteiger partial charge in [-0.15, -0.1) is 0 Å². The van der Waals surface area contributed by atoms with E-state index in [2.05, 4.69) is 34.8 Å². The van der Waals surface area contributed by atoms with Crippen molar-refractivity contribution in [2.24, 2.45) is 9.98 Å². The fourth-order valence-corrected chi connectivity index (χ4v) is 0.150. The SMILES string of the molecule is C=NC(N=C)=[N+]=C. The summed E-state index contributed by atoms with van der Waals surface area (Å²) in [5, 5.41) is 0. The predicted octanol–water partition coefficient (Wildman–Crippen LogP) is -0.489. The summed E-state index contributed by atoms with van der Waals surface area (Å²) in [5.74, 6) is 0.222. The van der Waals surface area contributed by atoms with E-state index >= 15 is 0 Å². The van der Waals surface area contributed by atoms with Crippen molar-refractivity contribution >= 4 is 26.1 Å². The first-order chi connectivity index (χ1) is 3.35. The molecule has 0 spiro atoms. The van der Waals surface area contributed by atoms with Crippen LogP contribution in [0.1, 0.15) is 0 Å². The van der Waals surface area contributed by atoms with E-state index in [0.717, 1.165) is 0 Å². The summed E-state index contributed by atoms with van der Waals surface area (Å²) in [5.41, 5.74) is 0. The van der Waals surface area contributed by atoms with Crippen molar-refractivity contribution in [3.8, 4) is 0 Å². The van der Waals surface area contributed by atoms with Crippen LogP contribution in [0.15, 0.2) is 9.98 Å². The Morgan fingerprint density at radius 3 is 1.71 bits per heavy atom. The zero-order valence-electron chi connectivity index (χ0n) is 3.96. The summed E-state index contributed by atoms with van der Waals surface area (Å²) in [4.78, 5) is 6.67. The molecule has 0 saturated carbocycles. The predicted molar refractivity (Wildman–Crippen MR) is 33.4 cm³/mol. The molecule has 3 nitrogen and oxygen atoms in total. The van der Waals surface area contributed by atoms with Crippen LogP contribution >= 0.6 is 0 Å². The first kappa shape index (κ1) is 5.79. The van der Waals surface area contributed by atoms with Gasteiger partial charge in [-0.1, -0.05) is 9.98 Å². The van der Waals surface area contributed by atoms with Crippen LogP contribution in [0.2, 0.25) is 0 Å². The number of aliphatic imine (C=N–C) groups is 2. The third-order valence-corrected chi connectivity index (χ3v) is 0.424. The lowest BCUT2D eigenvalue weighted by atomic mass is 11.0. The zero-order valence-corrected chi connectivity index (χ0v) is 3.96. The Balaban J connectivity index is 4.14. The Labute approximate surface area is 41.9 Å². The van der Waals surface area contributed by atoms with E-state index in [1.807, 2.05) is 0 Å². The Morgan fingerprint density at radius 1 is 1.29 bits per heavy atom. The van der Waals surface area contributed by atoms with Gasteiger partial charge in [0.2, 0.25) is 0 Å². The molecule has 3 heteroatoms. The highest BCUT2D eigenvalue weighted by atomic mass is 15.0. The first-order valence-electron chi connectivity index (χ1n) is 1.62. The van der Waals surface area contributed by atoms with Crippen LogP contribution in [0.5, 0.6) is 0 Å². The van der Waals surface area contributed by atoms with Crippen LogP contribution in [0.3, 0.4) is 0 Å². The summed E-state index contributed by atoms with van der Waals surface area (Å²) >= 11 is 0. The van der Waals surface area contributed by atoms with Crippen molar-refractivity contribution in [2.45, 2.75) is 0 Å². The molecule has 0 rings (SSSR count). The number of guanidine groups is 1. The second-order valence-corrected chi connectivity index (χ2v) is 0.774. The zero-order chi connectivity index (χ0) is 5.70. The van der Waals surface area contributed by atoms with Crippen molar-refractivity contribution < 1.29 is 0 Å². The number of hydrogen-bond donors (Lipinski definition) is 0. The molecule has 7 heavy (non-hydrogen) atoms. The smallest absolute Gasteiger partial charge is 0.246 e. The van der Waals surface area contributed by atoms with Gasteiger partial charge in [0.25, 0.3) is 0 Å². The molecule has 0 atom stereocenters. The minimum atomic E-state index is 0.222. The van der Waals surface area contributed by atoms with Crippen LogP contribution in [-0.4, -0.2) is 26.1 Å². The van der Waals surface area contributed by atoms with Gasteiger partial charge in [-0.05, 0) is 0 Å². The van der Waals surface area contributed by atoms with Crippen molar-refractivity contribution in [3.05, 3.63) is 0 Å². The van der Waals surface area contributed by atoms with E-state index in [1.54, 1.807) is 0 Å². The summed E-state index contributed by atoms with van der Waals surface area (Å²) in [6.45, 7) is 9.44. The van der Waals surface area contributed by atoms with Crippen molar-refractivity contribution in [3.63, 3.8) is 0 Å². The van der Waals surface area contributed by atoms with Crippen LogP contribution in [0, 0.1) is 0 Å². The number of hydrogen-bond acceptors (Lipinski definition) is 0. The molecule has 0 aliphatic heterocycles. The first-order valence-corrected chi connectivity index (χ1v) is 1.62. The normalized spacial score (nSPS) is 6.29. The molecule has 0 amide bonds. The highest BCUT2D eigenvalue weighted by molar-refractivity contribution is 5.87. The summed E-state index contributed by atoms with van der Waals surface area (Å²) in [7, 11) is 0. The molecule has 36 valence electrons. The van der Waals surface area contributed by atoms with Crippen molar-refractivity contribution in [1.82, 2.24) is 4.67 Å². The fourth-order valence-electron chi connectivity index (χ4n) is 0.150. The number of rotatable bonds is 0. The Morgan fingerprint density at radius 2 is 1.71 bits per heavy atom. The van der Waals surface area contributed by atoms with Crippen LogP contribution in [0.25, 0.3) is 0 Å². The summed E-state index contributed by atoms with van der Waals surface area (Å²) in [6, 6.07) is 0. The molecule has 0 aromatic carbocycles. The van der Waals surface area contributed by atoms with E-state index in [0.29, 0.717) is 0 Å². The molecule has 0 aromatic rings. The summed E-state index contributed by atoms with van der Waals surface area (Å²) in [6.07, 6.45) is 0. The number of nitrogens with zero attached hydrogens (tertiary/aromatic N) is 3. The Hall–Kier alpha value is -1.21. The molecule has 0 aliphatic carbocycles. The van der Waals surface area contributed by atoms with Crippen molar-refractivity contribution in [2.75, 3.05) is 0 Å². The van der Waals surface area contributed by atoms with Crippen LogP contribution < -0.4 is 4.67 Å². The minimum Gasteiger partial charge on any atom is -0.246 e.